The number of benzene rings is 4. The van der Waals surface area contributed by atoms with E-state index in [1.54, 1.807) is 0 Å². The predicted molar refractivity (Wildman–Crippen MR) is 181 cm³/mol. The van der Waals surface area contributed by atoms with Crippen molar-refractivity contribution in [3.63, 3.8) is 0 Å². The lowest BCUT2D eigenvalue weighted by atomic mass is 9.75. The van der Waals surface area contributed by atoms with E-state index in [0.29, 0.717) is 29.8 Å². The van der Waals surface area contributed by atoms with Gasteiger partial charge in [-0.15, -0.1) is 0 Å². The van der Waals surface area contributed by atoms with E-state index in [0.717, 1.165) is 45.1 Å². The van der Waals surface area contributed by atoms with Crippen LogP contribution in [0.15, 0.2) is 132 Å². The topological polar surface area (TPSA) is 62.0 Å². The quantitative estimate of drug-likeness (QED) is 0.169. The molecule has 1 aliphatic heterocycles. The van der Waals surface area contributed by atoms with Crippen molar-refractivity contribution in [2.45, 2.75) is 43.8 Å². The number of nitrogens with zero attached hydrogens (tertiary/aromatic N) is 2. The average Bonchev–Trinajstić information content (AvgIpc) is 3.87. The van der Waals surface area contributed by atoms with Gasteiger partial charge in [-0.1, -0.05) is 103 Å². The highest BCUT2D eigenvalue weighted by Crippen LogP contribution is 2.48. The number of carboxylic acid groups (broad SMARTS) is 1. The Hall–Kier alpha value is -5.40. The van der Waals surface area contributed by atoms with Crippen LogP contribution in [-0.4, -0.2) is 20.4 Å². The molecule has 0 bridgehead atoms. The van der Waals surface area contributed by atoms with E-state index in [9.17, 15) is 14.7 Å². The number of pyridine rings is 2. The van der Waals surface area contributed by atoms with Gasteiger partial charge in [0.1, 0.15) is 5.56 Å². The Morgan fingerprint density at radius 1 is 0.750 bits per heavy atom. The Kier molecular flexibility index (Phi) is 7.30. The van der Waals surface area contributed by atoms with Gasteiger partial charge in [0.05, 0.1) is 16.6 Å². The molecule has 1 aliphatic carbocycles. The molecule has 0 spiro atoms. The van der Waals surface area contributed by atoms with Crippen molar-refractivity contribution in [1.29, 1.82) is 0 Å². The summed E-state index contributed by atoms with van der Waals surface area (Å²) in [5.74, 6) is -1.41. The molecule has 238 valence electrons. The summed E-state index contributed by atoms with van der Waals surface area (Å²) in [5, 5.41) is 9.68. The lowest BCUT2D eigenvalue weighted by molar-refractivity contribution is 0.0694. The average molecular weight is 639 g/mol. The molecule has 3 heterocycles. The van der Waals surface area contributed by atoms with Crippen molar-refractivity contribution in [2.75, 3.05) is 0 Å². The molecule has 0 radical (unpaired) electrons. The van der Waals surface area contributed by atoms with E-state index < -0.39 is 29.1 Å². The molecule has 4 aromatic carbocycles. The predicted octanol–water partition coefficient (Wildman–Crippen LogP) is 8.79. The molecular weight excluding hydrogens is 606 g/mol. The van der Waals surface area contributed by atoms with Crippen LogP contribution in [0.1, 0.15) is 74.5 Å². The van der Waals surface area contributed by atoms with Gasteiger partial charge in [-0.05, 0) is 81.5 Å². The lowest BCUT2D eigenvalue weighted by Crippen LogP contribution is -2.45. The van der Waals surface area contributed by atoms with Crippen molar-refractivity contribution in [3.8, 4) is 11.1 Å². The molecule has 48 heavy (non-hydrogen) atoms. The van der Waals surface area contributed by atoms with E-state index >= 15 is 8.78 Å². The number of carboxylic acids is 1. The Morgan fingerprint density at radius 3 is 1.83 bits per heavy atom. The molecule has 7 heteroatoms. The third-order valence-corrected chi connectivity index (χ3v) is 9.95. The van der Waals surface area contributed by atoms with Crippen molar-refractivity contribution in [1.82, 2.24) is 9.30 Å². The third kappa shape index (κ3) is 4.76. The molecule has 2 aromatic heterocycles. The number of rotatable bonds is 8. The number of alkyl halides is 2. The van der Waals surface area contributed by atoms with Crippen molar-refractivity contribution < 1.29 is 18.7 Å². The fourth-order valence-electron chi connectivity index (χ4n) is 7.67. The Balaban J connectivity index is 1.28. The van der Waals surface area contributed by atoms with Gasteiger partial charge in [0, 0.05) is 19.3 Å². The number of aromatic carboxylic acids is 1. The lowest BCUT2D eigenvalue weighted by Gasteiger charge is -2.43. The smallest absolute Gasteiger partial charge is 0.341 e. The first-order valence-corrected chi connectivity index (χ1v) is 16.2. The number of aromatic nitrogens is 1. The summed E-state index contributed by atoms with van der Waals surface area (Å²) < 4.78 is 31.3. The molecule has 2 aliphatic rings. The molecule has 0 unspecified atom stereocenters. The van der Waals surface area contributed by atoms with Crippen LogP contribution in [0, 0.1) is 0 Å². The highest BCUT2D eigenvalue weighted by molar-refractivity contribution is 5.89. The Bertz CT molecular complexity index is 2130. The highest BCUT2D eigenvalue weighted by atomic mass is 19.3. The van der Waals surface area contributed by atoms with Gasteiger partial charge in [-0.25, -0.2) is 13.6 Å². The fourth-order valence-corrected chi connectivity index (χ4v) is 7.67. The van der Waals surface area contributed by atoms with E-state index in [-0.39, 0.29) is 17.0 Å². The molecule has 5 nitrogen and oxygen atoms in total. The number of carbonyl (C=O) groups is 1. The van der Waals surface area contributed by atoms with Crippen molar-refractivity contribution in [2.24, 2.45) is 0 Å². The van der Waals surface area contributed by atoms with Gasteiger partial charge in [0.25, 0.3) is 12.0 Å². The SMILES string of the molecule is O=C(O)c1cc(C2CC2)c2c(C(F)F)c(-c3ccc4c(c3)CN(C(c3ccccc3)(c3ccccc3)c3ccccc3)C4)ccn2c1=O. The van der Waals surface area contributed by atoms with Gasteiger partial charge in [0.15, 0.2) is 0 Å². The zero-order valence-corrected chi connectivity index (χ0v) is 26.0. The first kappa shape index (κ1) is 30.0. The zero-order valence-electron chi connectivity index (χ0n) is 26.0. The van der Waals surface area contributed by atoms with Crippen molar-refractivity contribution >= 4 is 11.5 Å². The molecule has 0 saturated heterocycles. The van der Waals surface area contributed by atoms with Crippen LogP contribution in [0.4, 0.5) is 8.78 Å². The minimum absolute atomic E-state index is 0.0536. The number of fused-ring (bicyclic) bond motifs is 2. The standard InChI is InChI=1S/C41H32F2N2O3/c42-38(43)36-33(20-21-45-37(36)34(26-16-17-26)23-35(39(45)46)40(47)48)27-18-19-28-24-44(25-29(28)22-27)41(30-10-4-1-5-11-30,31-12-6-2-7-13-31)32-14-8-3-9-15-32/h1-15,18-23,26,38H,16-17,24-25H2,(H,47,48). The summed E-state index contributed by atoms with van der Waals surface area (Å²) in [6.07, 6.45) is 0.0959. The molecular formula is C41H32F2N2O3. The number of halogens is 2. The van der Waals surface area contributed by atoms with Crippen LogP contribution in [-0.2, 0) is 18.6 Å². The van der Waals surface area contributed by atoms with Gasteiger partial charge < -0.3 is 5.11 Å². The number of hydrogen-bond donors (Lipinski definition) is 1. The summed E-state index contributed by atoms with van der Waals surface area (Å²) in [4.78, 5) is 27.5. The second kappa shape index (κ2) is 11.7. The van der Waals surface area contributed by atoms with Gasteiger partial charge in [-0.3, -0.25) is 14.1 Å². The first-order valence-electron chi connectivity index (χ1n) is 16.2. The third-order valence-electron chi connectivity index (χ3n) is 9.95. The molecule has 1 fully saturated rings. The summed E-state index contributed by atoms with van der Waals surface area (Å²) in [6, 6.07) is 40.1. The second-order valence-electron chi connectivity index (χ2n) is 12.7. The maximum Gasteiger partial charge on any atom is 0.341 e. The highest BCUT2D eigenvalue weighted by Gasteiger charge is 2.44. The van der Waals surface area contributed by atoms with Crippen LogP contribution in [0.25, 0.3) is 16.6 Å². The second-order valence-corrected chi connectivity index (χ2v) is 12.7. The summed E-state index contributed by atoms with van der Waals surface area (Å²) >= 11 is 0. The van der Waals surface area contributed by atoms with Crippen LogP contribution in [0.5, 0.6) is 0 Å². The minimum atomic E-state index is -2.88. The monoisotopic (exact) mass is 638 g/mol. The van der Waals surface area contributed by atoms with Crippen LogP contribution in [0.2, 0.25) is 0 Å². The fraction of sp³-hybridized carbons (Fsp3) is 0.171. The Morgan fingerprint density at radius 2 is 1.31 bits per heavy atom. The maximum absolute atomic E-state index is 15.1. The van der Waals surface area contributed by atoms with Crippen molar-refractivity contribution in [3.05, 3.63) is 182 Å². The molecule has 1 saturated carbocycles. The van der Waals surface area contributed by atoms with Crippen LogP contribution in [0.3, 0.4) is 0 Å². The van der Waals surface area contributed by atoms with Crippen LogP contribution < -0.4 is 5.56 Å². The summed E-state index contributed by atoms with van der Waals surface area (Å²) in [7, 11) is 0. The largest absolute Gasteiger partial charge is 0.477 e. The van der Waals surface area contributed by atoms with Gasteiger partial charge >= 0.3 is 5.97 Å². The molecule has 6 aromatic rings. The normalized spacial score (nSPS) is 14.8. The van der Waals surface area contributed by atoms with E-state index in [1.807, 2.05) is 36.4 Å². The van der Waals surface area contributed by atoms with E-state index in [4.69, 9.17) is 0 Å². The first-order chi connectivity index (χ1) is 23.4. The van der Waals surface area contributed by atoms with Gasteiger partial charge in [-0.2, -0.15) is 0 Å². The molecule has 0 amide bonds. The molecule has 8 rings (SSSR count). The number of hydrogen-bond acceptors (Lipinski definition) is 3. The summed E-state index contributed by atoms with van der Waals surface area (Å²) in [5.41, 5.74) is 5.07. The molecule has 1 N–H and O–H groups in total. The van der Waals surface area contributed by atoms with E-state index in [2.05, 4.69) is 77.7 Å². The maximum atomic E-state index is 15.1. The Labute approximate surface area is 276 Å². The summed E-state index contributed by atoms with van der Waals surface area (Å²) in [6.45, 7) is 1.22. The van der Waals surface area contributed by atoms with E-state index in [1.165, 1.54) is 18.3 Å². The minimum Gasteiger partial charge on any atom is -0.477 e. The zero-order chi connectivity index (χ0) is 33.0. The van der Waals surface area contributed by atoms with Gasteiger partial charge in [0.2, 0.25) is 0 Å². The van der Waals surface area contributed by atoms with Crippen LogP contribution >= 0.6 is 0 Å². The molecule has 0 atom stereocenters.